The summed E-state index contributed by atoms with van der Waals surface area (Å²) in [6.07, 6.45) is 13.5. The molecule has 27 heavy (non-hydrogen) atoms. The van der Waals surface area contributed by atoms with Crippen molar-refractivity contribution in [3.63, 3.8) is 0 Å². The first-order valence-corrected chi connectivity index (χ1v) is 11.8. The molecule has 1 aliphatic heterocycles. The number of hydrogen-bond acceptors (Lipinski definition) is 2. The molecule has 1 aliphatic carbocycles. The van der Waals surface area contributed by atoms with Gasteiger partial charge in [0.2, 0.25) is 5.92 Å². The van der Waals surface area contributed by atoms with E-state index in [1.54, 1.807) is 0 Å². The highest BCUT2D eigenvalue weighted by atomic mass is 19.3. The molecule has 4 heteroatoms. The second kappa shape index (κ2) is 12.4. The summed E-state index contributed by atoms with van der Waals surface area (Å²) in [4.78, 5) is 2.71. The summed E-state index contributed by atoms with van der Waals surface area (Å²) in [5.41, 5.74) is 0. The van der Waals surface area contributed by atoms with Crippen molar-refractivity contribution in [3.8, 4) is 0 Å². The van der Waals surface area contributed by atoms with E-state index in [1.807, 2.05) is 0 Å². The van der Waals surface area contributed by atoms with Crippen molar-refractivity contribution < 1.29 is 8.78 Å². The highest BCUT2D eigenvalue weighted by Gasteiger charge is 2.34. The van der Waals surface area contributed by atoms with Gasteiger partial charge >= 0.3 is 0 Å². The molecule has 1 saturated carbocycles. The number of piperidine rings is 1. The highest BCUT2D eigenvalue weighted by Crippen LogP contribution is 2.33. The molecule has 1 saturated heterocycles. The molecule has 2 atom stereocenters. The predicted octanol–water partition coefficient (Wildman–Crippen LogP) is 6.25. The Hall–Kier alpha value is -0.220. The Morgan fingerprint density at radius 1 is 1.07 bits per heavy atom. The van der Waals surface area contributed by atoms with E-state index in [0.717, 1.165) is 18.4 Å². The van der Waals surface area contributed by atoms with E-state index >= 15 is 0 Å². The molecule has 0 aromatic rings. The maximum atomic E-state index is 13.2. The second-order valence-corrected chi connectivity index (χ2v) is 9.44. The third-order valence-electron chi connectivity index (χ3n) is 6.69. The molecular weight excluding hydrogens is 342 g/mol. The van der Waals surface area contributed by atoms with Crippen molar-refractivity contribution >= 4 is 0 Å². The molecule has 0 spiro atoms. The van der Waals surface area contributed by atoms with Crippen molar-refractivity contribution in [2.24, 2.45) is 11.8 Å². The second-order valence-electron chi connectivity index (χ2n) is 9.44. The van der Waals surface area contributed by atoms with Crippen LogP contribution in [0.4, 0.5) is 8.78 Å². The topological polar surface area (TPSA) is 15.3 Å². The normalized spacial score (nSPS) is 25.6. The maximum absolute atomic E-state index is 13.2. The van der Waals surface area contributed by atoms with Gasteiger partial charge in [-0.15, -0.1) is 0 Å². The SMILES string of the molecule is CCCCCCN1CCCC(CC(C)CCCNC2CCC(F)(F)CC2)C1. The van der Waals surface area contributed by atoms with Gasteiger partial charge in [0.05, 0.1) is 0 Å². The van der Waals surface area contributed by atoms with Gasteiger partial charge in [0.1, 0.15) is 0 Å². The van der Waals surface area contributed by atoms with Crippen LogP contribution in [0.3, 0.4) is 0 Å². The summed E-state index contributed by atoms with van der Waals surface area (Å²) >= 11 is 0. The Morgan fingerprint density at radius 3 is 2.59 bits per heavy atom. The van der Waals surface area contributed by atoms with Crippen molar-refractivity contribution in [2.45, 2.75) is 109 Å². The van der Waals surface area contributed by atoms with E-state index in [0.29, 0.717) is 18.9 Å². The van der Waals surface area contributed by atoms with Gasteiger partial charge in [0.25, 0.3) is 0 Å². The molecule has 0 bridgehead atoms. The Morgan fingerprint density at radius 2 is 1.85 bits per heavy atom. The molecule has 1 heterocycles. The standard InChI is InChI=1S/C23H44F2N2/c1-3-4-5-6-16-27-17-8-10-21(19-27)18-20(2)9-7-15-26-22-11-13-23(24,25)14-12-22/h20-22,26H,3-19H2,1-2H3. The minimum Gasteiger partial charge on any atom is -0.314 e. The Bertz CT molecular complexity index is 379. The van der Waals surface area contributed by atoms with Crippen LogP contribution in [0.25, 0.3) is 0 Å². The number of nitrogens with zero attached hydrogens (tertiary/aromatic N) is 1. The van der Waals surface area contributed by atoms with Gasteiger partial charge in [-0.3, -0.25) is 0 Å². The highest BCUT2D eigenvalue weighted by molar-refractivity contribution is 4.81. The molecule has 0 aromatic heterocycles. The number of rotatable bonds is 12. The van der Waals surface area contributed by atoms with E-state index in [4.69, 9.17) is 0 Å². The van der Waals surface area contributed by atoms with Crippen molar-refractivity contribution in [2.75, 3.05) is 26.2 Å². The Kier molecular flexibility index (Phi) is 10.6. The van der Waals surface area contributed by atoms with Gasteiger partial charge in [-0.05, 0) is 82.8 Å². The molecular formula is C23H44F2N2. The third-order valence-corrected chi connectivity index (χ3v) is 6.69. The number of nitrogens with one attached hydrogen (secondary N) is 1. The van der Waals surface area contributed by atoms with Crippen LogP contribution in [0.2, 0.25) is 0 Å². The fourth-order valence-electron chi connectivity index (χ4n) is 5.00. The van der Waals surface area contributed by atoms with E-state index < -0.39 is 5.92 Å². The lowest BCUT2D eigenvalue weighted by atomic mass is 9.87. The minimum absolute atomic E-state index is 0.0672. The maximum Gasteiger partial charge on any atom is 0.248 e. The van der Waals surface area contributed by atoms with Crippen LogP contribution in [0.1, 0.15) is 97.3 Å². The number of likely N-dealkylation sites (tertiary alicyclic amines) is 1. The van der Waals surface area contributed by atoms with Gasteiger partial charge in [0.15, 0.2) is 0 Å². The zero-order chi connectivity index (χ0) is 19.5. The number of halogens is 2. The van der Waals surface area contributed by atoms with Crippen LogP contribution in [0, 0.1) is 11.8 Å². The fraction of sp³-hybridized carbons (Fsp3) is 1.00. The molecule has 0 aromatic carbocycles. The number of unbranched alkanes of at least 4 members (excludes halogenated alkanes) is 3. The van der Waals surface area contributed by atoms with Crippen LogP contribution in [-0.4, -0.2) is 43.0 Å². The summed E-state index contributed by atoms with van der Waals surface area (Å²) in [5, 5.41) is 3.52. The van der Waals surface area contributed by atoms with Crippen LogP contribution < -0.4 is 5.32 Å². The van der Waals surface area contributed by atoms with E-state index in [9.17, 15) is 8.78 Å². The van der Waals surface area contributed by atoms with Crippen LogP contribution in [0.5, 0.6) is 0 Å². The van der Waals surface area contributed by atoms with Crippen LogP contribution in [0.15, 0.2) is 0 Å². The fourth-order valence-corrected chi connectivity index (χ4v) is 5.00. The zero-order valence-electron chi connectivity index (χ0n) is 18.0. The van der Waals surface area contributed by atoms with Gasteiger partial charge in [-0.25, -0.2) is 8.78 Å². The van der Waals surface area contributed by atoms with E-state index in [1.165, 1.54) is 77.4 Å². The molecule has 2 unspecified atom stereocenters. The molecule has 2 rings (SSSR count). The van der Waals surface area contributed by atoms with Gasteiger partial charge in [-0.1, -0.05) is 33.1 Å². The van der Waals surface area contributed by atoms with Gasteiger partial charge < -0.3 is 10.2 Å². The zero-order valence-corrected chi connectivity index (χ0v) is 18.0. The molecule has 0 amide bonds. The number of hydrogen-bond donors (Lipinski definition) is 1. The largest absolute Gasteiger partial charge is 0.314 e. The first-order valence-electron chi connectivity index (χ1n) is 11.8. The summed E-state index contributed by atoms with van der Waals surface area (Å²) in [5.74, 6) is -0.739. The third kappa shape index (κ3) is 9.69. The van der Waals surface area contributed by atoms with E-state index in [-0.39, 0.29) is 12.8 Å². The smallest absolute Gasteiger partial charge is 0.248 e. The van der Waals surface area contributed by atoms with Gasteiger partial charge in [-0.2, -0.15) is 0 Å². The molecule has 2 nitrogen and oxygen atoms in total. The van der Waals surface area contributed by atoms with E-state index in [2.05, 4.69) is 24.1 Å². The predicted molar refractivity (Wildman–Crippen MR) is 112 cm³/mol. The van der Waals surface area contributed by atoms with Crippen LogP contribution >= 0.6 is 0 Å². The molecule has 2 aliphatic rings. The monoisotopic (exact) mass is 386 g/mol. The quantitative estimate of drug-likeness (QED) is 0.399. The summed E-state index contributed by atoms with van der Waals surface area (Å²) in [7, 11) is 0. The minimum atomic E-state index is -2.41. The van der Waals surface area contributed by atoms with Gasteiger partial charge in [0, 0.05) is 25.4 Å². The average molecular weight is 387 g/mol. The average Bonchev–Trinajstić information content (AvgIpc) is 2.64. The first kappa shape index (κ1) is 23.1. The van der Waals surface area contributed by atoms with Crippen molar-refractivity contribution in [3.05, 3.63) is 0 Å². The molecule has 2 fully saturated rings. The molecule has 160 valence electrons. The lowest BCUT2D eigenvalue weighted by Crippen LogP contribution is -2.37. The van der Waals surface area contributed by atoms with Crippen molar-refractivity contribution in [1.29, 1.82) is 0 Å². The Labute approximate surface area is 166 Å². The summed E-state index contributed by atoms with van der Waals surface area (Å²) in [6, 6.07) is 0.319. The first-order chi connectivity index (χ1) is 13.0. The Balaban J connectivity index is 1.51. The summed E-state index contributed by atoms with van der Waals surface area (Å²) < 4.78 is 26.4. The summed E-state index contributed by atoms with van der Waals surface area (Å²) in [6.45, 7) is 9.60. The molecule has 0 radical (unpaired) electrons. The number of alkyl halides is 2. The van der Waals surface area contributed by atoms with Crippen LogP contribution in [-0.2, 0) is 0 Å². The lowest BCUT2D eigenvalue weighted by molar-refractivity contribution is -0.0403. The van der Waals surface area contributed by atoms with Crippen molar-refractivity contribution in [1.82, 2.24) is 10.2 Å². The lowest BCUT2D eigenvalue weighted by Gasteiger charge is -2.34. The molecule has 1 N–H and O–H groups in total.